The van der Waals surface area contributed by atoms with Crippen molar-refractivity contribution in [3.8, 4) is 16.9 Å². The predicted octanol–water partition coefficient (Wildman–Crippen LogP) is 4.22. The molecule has 38 heavy (non-hydrogen) atoms. The summed E-state index contributed by atoms with van der Waals surface area (Å²) in [4.78, 5) is 24.2. The molecule has 10 nitrogen and oxygen atoms in total. The summed E-state index contributed by atoms with van der Waals surface area (Å²) in [5, 5.41) is 15.0. The minimum Gasteiger partial charge on any atom is -0.495 e. The Hall–Kier alpha value is -3.61. The topological polar surface area (TPSA) is 141 Å². The molecule has 2 amide bonds. The lowest BCUT2D eigenvalue weighted by molar-refractivity contribution is -0.137. The monoisotopic (exact) mass is 544 g/mol. The Labute approximate surface area is 223 Å². The number of hydrogen-bond acceptors (Lipinski definition) is 6. The summed E-state index contributed by atoms with van der Waals surface area (Å²) in [6.07, 6.45) is -0.233. The summed E-state index contributed by atoms with van der Waals surface area (Å²) in [5.41, 5.74) is 2.89. The third kappa shape index (κ3) is 7.70. The van der Waals surface area contributed by atoms with Gasteiger partial charge in [0, 0.05) is 19.3 Å². The van der Waals surface area contributed by atoms with Crippen LogP contribution >= 0.6 is 10.8 Å². The predicted molar refractivity (Wildman–Crippen MR) is 148 cm³/mol. The lowest BCUT2D eigenvalue weighted by Crippen LogP contribution is -2.31. The number of aliphatic carboxylic acids is 1. The molecule has 0 fully saturated rings. The number of carbonyl (C=O) groups is 2. The van der Waals surface area contributed by atoms with Crippen LogP contribution in [-0.2, 0) is 13.7 Å². The van der Waals surface area contributed by atoms with Crippen LogP contribution < -0.4 is 20.1 Å². The number of hydrogen-bond donors (Lipinski definition) is 4. The summed E-state index contributed by atoms with van der Waals surface area (Å²) in [6, 6.07) is 20.8. The second kappa shape index (κ2) is 13.8. The van der Waals surface area contributed by atoms with Crippen molar-refractivity contribution in [2.45, 2.75) is 17.4 Å². The van der Waals surface area contributed by atoms with E-state index in [0.29, 0.717) is 29.5 Å². The molecule has 0 heterocycles. The largest absolute Gasteiger partial charge is 0.495 e. The SMILES string of the molecule is COCCNC(=O)Nc1cccc(-c2ccc(OC)c(S([OH2+])(NC(CC(=O)O)c3ccccc3)OC)c2)c1. The highest BCUT2D eigenvalue weighted by Gasteiger charge is 2.32. The standard InChI is InChI=1S/C27H33N3O7S/c1-35-15-14-28-27(33)29-22-11-7-10-20(16-22)21-12-13-24(36-2)25(17-21)38(34,37-3)30-23(18-26(31)32)19-8-5-4-6-9-19/h4-13,16-17,23,30,34H,14-15,18H2,1-3H3,(H,31,32)(H2,28,29,33)/p+1. The molecule has 2 atom stereocenters. The highest BCUT2D eigenvalue weighted by atomic mass is 32.3. The summed E-state index contributed by atoms with van der Waals surface area (Å²) in [6.45, 7) is 0.790. The molecule has 0 saturated heterocycles. The van der Waals surface area contributed by atoms with Gasteiger partial charge in [-0.1, -0.05) is 48.5 Å². The Bertz CT molecular complexity index is 1230. The van der Waals surface area contributed by atoms with Gasteiger partial charge in [0.05, 0.1) is 33.3 Å². The van der Waals surface area contributed by atoms with E-state index in [1.54, 1.807) is 25.3 Å². The molecule has 0 aliphatic heterocycles. The van der Waals surface area contributed by atoms with Crippen molar-refractivity contribution in [3.05, 3.63) is 78.4 Å². The molecule has 3 aromatic rings. The molecular formula is C27H34N3O7S+. The Balaban J connectivity index is 1.94. The summed E-state index contributed by atoms with van der Waals surface area (Å²) >= 11 is 0. The van der Waals surface area contributed by atoms with Gasteiger partial charge in [0.1, 0.15) is 5.75 Å². The number of carboxylic acids is 1. The zero-order chi connectivity index (χ0) is 27.5. The number of methoxy groups -OCH3 is 2. The zero-order valence-corrected chi connectivity index (χ0v) is 22.3. The van der Waals surface area contributed by atoms with Crippen molar-refractivity contribution < 1.29 is 32.9 Å². The van der Waals surface area contributed by atoms with Crippen molar-refractivity contribution in [2.24, 2.45) is 0 Å². The van der Waals surface area contributed by atoms with Gasteiger partial charge >= 0.3 is 12.0 Å². The van der Waals surface area contributed by atoms with Gasteiger partial charge in [0.25, 0.3) is 0 Å². The van der Waals surface area contributed by atoms with Gasteiger partial charge < -0.3 is 29.8 Å². The first-order chi connectivity index (χ1) is 18.3. The Morgan fingerprint density at radius 2 is 1.71 bits per heavy atom. The summed E-state index contributed by atoms with van der Waals surface area (Å²) in [5.74, 6) is -0.567. The van der Waals surface area contributed by atoms with E-state index in [1.165, 1.54) is 14.2 Å². The number of carboxylic acid groups (broad SMARTS) is 1. The van der Waals surface area contributed by atoms with E-state index in [-0.39, 0.29) is 12.5 Å². The lowest BCUT2D eigenvalue weighted by Gasteiger charge is -2.37. The first kappa shape index (κ1) is 29.0. The highest BCUT2D eigenvalue weighted by molar-refractivity contribution is 8.23. The van der Waals surface area contributed by atoms with E-state index < -0.39 is 22.8 Å². The minimum absolute atomic E-state index is 0.233. The van der Waals surface area contributed by atoms with Crippen molar-refractivity contribution in [2.75, 3.05) is 39.8 Å². The molecule has 3 rings (SSSR count). The number of benzene rings is 3. The first-order valence-electron chi connectivity index (χ1n) is 11.8. The molecule has 0 spiro atoms. The summed E-state index contributed by atoms with van der Waals surface area (Å²) < 4.78 is 28.6. The number of anilines is 1. The van der Waals surface area contributed by atoms with E-state index in [0.717, 1.165) is 16.7 Å². The average Bonchev–Trinajstić information content (AvgIpc) is 2.92. The van der Waals surface area contributed by atoms with E-state index in [4.69, 9.17) is 13.7 Å². The molecule has 0 bridgehead atoms. The van der Waals surface area contributed by atoms with E-state index in [2.05, 4.69) is 15.4 Å². The Morgan fingerprint density at radius 1 is 0.974 bits per heavy atom. The smallest absolute Gasteiger partial charge is 0.319 e. The van der Waals surface area contributed by atoms with Crippen LogP contribution in [0.1, 0.15) is 18.0 Å². The van der Waals surface area contributed by atoms with Crippen molar-refractivity contribution in [1.29, 1.82) is 0 Å². The molecule has 3 aromatic carbocycles. The number of carbonyl (C=O) groups excluding carboxylic acids is 1. The molecule has 6 N–H and O–H groups in total. The maximum Gasteiger partial charge on any atom is 0.319 e. The maximum atomic E-state index is 12.2. The van der Waals surface area contributed by atoms with Gasteiger partial charge in [-0.05, 0) is 51.7 Å². The van der Waals surface area contributed by atoms with E-state index in [9.17, 15) is 19.2 Å². The van der Waals surface area contributed by atoms with Crippen LogP contribution in [0.25, 0.3) is 11.1 Å². The molecule has 204 valence electrons. The van der Waals surface area contributed by atoms with Crippen LogP contribution in [0.15, 0.2) is 77.7 Å². The van der Waals surface area contributed by atoms with E-state index >= 15 is 0 Å². The van der Waals surface area contributed by atoms with Gasteiger partial charge in [0.2, 0.25) is 0 Å². The van der Waals surface area contributed by atoms with Crippen LogP contribution in [0, 0.1) is 0 Å². The molecule has 0 aliphatic rings. The quantitative estimate of drug-likeness (QED) is 0.187. The van der Waals surface area contributed by atoms with Gasteiger partial charge in [-0.15, -0.1) is 0 Å². The van der Waals surface area contributed by atoms with Gasteiger partial charge in [-0.25, -0.2) is 8.98 Å². The van der Waals surface area contributed by atoms with Crippen molar-refractivity contribution in [1.82, 2.24) is 10.0 Å². The molecule has 0 saturated carbocycles. The average molecular weight is 545 g/mol. The number of ether oxygens (including phenoxy) is 2. The number of urea groups is 1. The summed E-state index contributed by atoms with van der Waals surface area (Å²) in [7, 11) is 1.54. The van der Waals surface area contributed by atoms with Crippen molar-refractivity contribution >= 4 is 28.5 Å². The van der Waals surface area contributed by atoms with Crippen LogP contribution in [0.5, 0.6) is 5.75 Å². The second-order valence-electron chi connectivity index (χ2n) is 8.22. The third-order valence-corrected chi connectivity index (χ3v) is 7.71. The number of rotatable bonds is 13. The maximum absolute atomic E-state index is 12.2. The fourth-order valence-corrected chi connectivity index (χ4v) is 5.54. The van der Waals surface area contributed by atoms with Crippen LogP contribution in [-0.4, -0.2) is 56.1 Å². The Kier molecular flexibility index (Phi) is 10.5. The third-order valence-electron chi connectivity index (χ3n) is 5.66. The molecule has 0 radical (unpaired) electrons. The van der Waals surface area contributed by atoms with Gasteiger partial charge in [-0.2, -0.15) is 4.72 Å². The van der Waals surface area contributed by atoms with Gasteiger partial charge in [-0.3, -0.25) is 4.79 Å². The van der Waals surface area contributed by atoms with Crippen LogP contribution in [0.2, 0.25) is 0 Å². The molecule has 2 unspecified atom stereocenters. The zero-order valence-electron chi connectivity index (χ0n) is 21.5. The normalized spacial score (nSPS) is 14.1. The minimum atomic E-state index is -2.94. The lowest BCUT2D eigenvalue weighted by atomic mass is 10.0. The first-order valence-corrected chi connectivity index (χ1v) is 13.3. The molecular weight excluding hydrogens is 510 g/mol. The van der Waals surface area contributed by atoms with Crippen LogP contribution in [0.3, 0.4) is 0 Å². The van der Waals surface area contributed by atoms with Gasteiger partial charge in [0.15, 0.2) is 4.90 Å². The fraction of sp³-hybridized carbons (Fsp3) is 0.259. The van der Waals surface area contributed by atoms with Crippen molar-refractivity contribution in [3.63, 3.8) is 0 Å². The highest BCUT2D eigenvalue weighted by Crippen LogP contribution is 2.55. The fourth-order valence-electron chi connectivity index (χ4n) is 3.79. The number of amides is 2. The van der Waals surface area contributed by atoms with Crippen LogP contribution in [0.4, 0.5) is 10.5 Å². The Morgan fingerprint density at radius 3 is 2.37 bits per heavy atom. The molecule has 0 aromatic heterocycles. The second-order valence-corrected chi connectivity index (χ2v) is 10.3. The molecule has 11 heteroatoms. The molecule has 0 aliphatic carbocycles. The number of nitrogens with one attached hydrogen (secondary N) is 3. The van der Waals surface area contributed by atoms with E-state index in [1.807, 2.05) is 54.6 Å².